The Morgan fingerprint density at radius 3 is 2.64 bits per heavy atom. The molecule has 1 amide bonds. The maximum Gasteiger partial charge on any atom is 0.242 e. The van der Waals surface area contributed by atoms with Gasteiger partial charge in [0.25, 0.3) is 0 Å². The van der Waals surface area contributed by atoms with Crippen molar-refractivity contribution in [1.82, 2.24) is 14.8 Å². The van der Waals surface area contributed by atoms with Gasteiger partial charge in [-0.25, -0.2) is 0 Å². The number of nitrogens with zero attached hydrogens (tertiary/aromatic N) is 4. The molecule has 0 unspecified atom stereocenters. The highest BCUT2D eigenvalue weighted by Crippen LogP contribution is 2.37. The van der Waals surface area contributed by atoms with Crippen LogP contribution in [0.4, 0.5) is 11.6 Å². The lowest BCUT2D eigenvalue weighted by atomic mass is 10.1. The van der Waals surface area contributed by atoms with E-state index in [1.54, 1.807) is 25.3 Å². The number of anilines is 2. The molecular weight excluding hydrogens is 462 g/mol. The summed E-state index contributed by atoms with van der Waals surface area (Å²) in [5.74, 6) is 1.18. The number of carbonyl (C=O) groups excluding carboxylic acids is 1. The number of rotatable bonds is 8. The van der Waals surface area contributed by atoms with Crippen LogP contribution >= 0.6 is 23.4 Å². The number of thioether (sulfide) groups is 1. The van der Waals surface area contributed by atoms with E-state index in [0.29, 0.717) is 41.4 Å². The first kappa shape index (κ1) is 23.4. The first-order chi connectivity index (χ1) is 16.1. The largest absolute Gasteiger partial charge is 0.495 e. The lowest BCUT2D eigenvalue weighted by Gasteiger charge is -2.27. The smallest absolute Gasteiger partial charge is 0.242 e. The standard InChI is InChI=1S/C23H26ClN5O3S/c1-3-29-22(28-11-13-32-14-12-28)26-27-23(29)33-20(16-7-5-4-6-8-16)21(30)25-17-9-10-19(31-2)18(24)15-17/h4-10,15,20H,3,11-14H2,1-2H3,(H,25,30)/t20-/m0/s1. The van der Waals surface area contributed by atoms with Gasteiger partial charge in [-0.2, -0.15) is 0 Å². The summed E-state index contributed by atoms with van der Waals surface area (Å²) in [6.07, 6.45) is 0. The van der Waals surface area contributed by atoms with Crippen molar-refractivity contribution in [2.45, 2.75) is 23.9 Å². The normalized spacial score (nSPS) is 14.7. The third-order valence-electron chi connectivity index (χ3n) is 5.29. The van der Waals surface area contributed by atoms with Gasteiger partial charge in [-0.1, -0.05) is 53.7 Å². The molecule has 1 aliphatic rings. The third kappa shape index (κ3) is 5.43. The fourth-order valence-electron chi connectivity index (χ4n) is 3.60. The SMILES string of the molecule is CCn1c(S[C@H](C(=O)Nc2ccc(OC)c(Cl)c2)c2ccccc2)nnc1N1CCOCC1. The minimum absolute atomic E-state index is 0.175. The number of carbonyl (C=O) groups is 1. The molecule has 10 heteroatoms. The predicted molar refractivity (Wildman–Crippen MR) is 130 cm³/mol. The summed E-state index contributed by atoms with van der Waals surface area (Å²) in [5, 5.41) is 12.4. The van der Waals surface area contributed by atoms with E-state index in [0.717, 1.165) is 24.6 Å². The Kier molecular flexibility index (Phi) is 7.74. The molecule has 1 fully saturated rings. The second kappa shape index (κ2) is 10.9. The predicted octanol–water partition coefficient (Wildman–Crippen LogP) is 4.27. The maximum atomic E-state index is 13.4. The highest BCUT2D eigenvalue weighted by Gasteiger charge is 2.27. The first-order valence-corrected chi connectivity index (χ1v) is 12.0. The second-order valence-electron chi connectivity index (χ2n) is 7.37. The average molecular weight is 488 g/mol. The number of hydrogen-bond donors (Lipinski definition) is 1. The number of hydrogen-bond acceptors (Lipinski definition) is 7. The molecule has 1 saturated heterocycles. The lowest BCUT2D eigenvalue weighted by molar-refractivity contribution is -0.115. The van der Waals surface area contributed by atoms with Crippen LogP contribution in [-0.2, 0) is 16.1 Å². The monoisotopic (exact) mass is 487 g/mol. The van der Waals surface area contributed by atoms with Gasteiger partial charge in [-0.15, -0.1) is 10.2 Å². The first-order valence-electron chi connectivity index (χ1n) is 10.7. The van der Waals surface area contributed by atoms with Crippen molar-refractivity contribution < 1.29 is 14.3 Å². The van der Waals surface area contributed by atoms with Crippen molar-refractivity contribution >= 4 is 40.9 Å². The van der Waals surface area contributed by atoms with Crippen LogP contribution in [0.5, 0.6) is 5.75 Å². The van der Waals surface area contributed by atoms with E-state index < -0.39 is 5.25 Å². The molecule has 174 valence electrons. The molecule has 0 bridgehead atoms. The summed E-state index contributed by atoms with van der Waals surface area (Å²) in [5.41, 5.74) is 1.47. The van der Waals surface area contributed by atoms with Gasteiger partial charge in [0.2, 0.25) is 11.9 Å². The Labute approximate surface area is 202 Å². The summed E-state index contributed by atoms with van der Waals surface area (Å²) < 4.78 is 12.7. The lowest BCUT2D eigenvalue weighted by Crippen LogP contribution is -2.38. The molecule has 1 aromatic heterocycles. The average Bonchev–Trinajstić information content (AvgIpc) is 3.26. The topological polar surface area (TPSA) is 81.5 Å². The van der Waals surface area contributed by atoms with Gasteiger partial charge < -0.3 is 19.7 Å². The molecule has 0 saturated carbocycles. The van der Waals surface area contributed by atoms with Crippen LogP contribution in [0.3, 0.4) is 0 Å². The van der Waals surface area contributed by atoms with Crippen LogP contribution in [0.15, 0.2) is 53.7 Å². The molecule has 4 rings (SSSR count). The molecule has 8 nitrogen and oxygen atoms in total. The fraction of sp³-hybridized carbons (Fsp3) is 0.348. The summed E-state index contributed by atoms with van der Waals surface area (Å²) in [7, 11) is 1.55. The molecule has 0 aliphatic carbocycles. The zero-order chi connectivity index (χ0) is 23.2. The molecule has 1 aliphatic heterocycles. The highest BCUT2D eigenvalue weighted by molar-refractivity contribution is 8.00. The van der Waals surface area contributed by atoms with Gasteiger partial charge in [0.1, 0.15) is 11.0 Å². The van der Waals surface area contributed by atoms with Crippen molar-refractivity contribution in [2.75, 3.05) is 43.6 Å². The van der Waals surface area contributed by atoms with E-state index in [1.807, 2.05) is 41.8 Å². The molecule has 0 radical (unpaired) electrons. The van der Waals surface area contributed by atoms with Crippen LogP contribution in [0.25, 0.3) is 0 Å². The number of morpholine rings is 1. The van der Waals surface area contributed by atoms with Crippen molar-refractivity contribution in [3.05, 3.63) is 59.1 Å². The number of aromatic nitrogens is 3. The van der Waals surface area contributed by atoms with Gasteiger partial charge in [-0.3, -0.25) is 9.36 Å². The second-order valence-corrected chi connectivity index (χ2v) is 8.85. The molecule has 1 atom stereocenters. The minimum Gasteiger partial charge on any atom is -0.495 e. The van der Waals surface area contributed by atoms with Gasteiger partial charge >= 0.3 is 0 Å². The van der Waals surface area contributed by atoms with E-state index in [-0.39, 0.29) is 5.91 Å². The molecule has 3 aromatic rings. The van der Waals surface area contributed by atoms with Crippen LogP contribution in [0.1, 0.15) is 17.7 Å². The van der Waals surface area contributed by atoms with Crippen LogP contribution in [0, 0.1) is 0 Å². The summed E-state index contributed by atoms with van der Waals surface area (Å²) in [6, 6.07) is 14.8. The van der Waals surface area contributed by atoms with Crippen LogP contribution < -0.4 is 15.0 Å². The zero-order valence-electron chi connectivity index (χ0n) is 18.5. The Morgan fingerprint density at radius 1 is 1.21 bits per heavy atom. The van der Waals surface area contributed by atoms with Crippen LogP contribution in [-0.4, -0.2) is 54.1 Å². The number of nitrogens with one attached hydrogen (secondary N) is 1. The molecule has 33 heavy (non-hydrogen) atoms. The van der Waals surface area contributed by atoms with Gasteiger partial charge in [0.15, 0.2) is 5.16 Å². The van der Waals surface area contributed by atoms with Gasteiger partial charge in [0.05, 0.1) is 25.3 Å². The van der Waals surface area contributed by atoms with E-state index in [4.69, 9.17) is 21.1 Å². The number of halogens is 1. The number of ether oxygens (including phenoxy) is 2. The molecule has 2 aromatic carbocycles. The molecule has 1 N–H and O–H groups in total. The number of amides is 1. The summed E-state index contributed by atoms with van der Waals surface area (Å²) >= 11 is 7.62. The Hall–Kier alpha value is -2.75. The van der Waals surface area contributed by atoms with E-state index in [2.05, 4.69) is 20.4 Å². The fourth-order valence-corrected chi connectivity index (χ4v) is 4.95. The van der Waals surface area contributed by atoms with Gasteiger partial charge in [0, 0.05) is 25.3 Å². The summed E-state index contributed by atoms with van der Waals surface area (Å²) in [4.78, 5) is 15.6. The minimum atomic E-state index is -0.529. The van der Waals surface area contributed by atoms with Crippen LogP contribution in [0.2, 0.25) is 5.02 Å². The third-order valence-corrected chi connectivity index (χ3v) is 6.82. The maximum absolute atomic E-state index is 13.4. The van der Waals surface area contributed by atoms with Crippen molar-refractivity contribution in [2.24, 2.45) is 0 Å². The van der Waals surface area contributed by atoms with Crippen molar-refractivity contribution in [3.8, 4) is 5.75 Å². The molecule has 2 heterocycles. The Bertz CT molecular complexity index is 1090. The molecular formula is C23H26ClN5O3S. The summed E-state index contributed by atoms with van der Waals surface area (Å²) in [6.45, 7) is 5.61. The van der Waals surface area contributed by atoms with E-state index in [9.17, 15) is 4.79 Å². The number of methoxy groups -OCH3 is 1. The van der Waals surface area contributed by atoms with Crippen molar-refractivity contribution in [1.29, 1.82) is 0 Å². The van der Waals surface area contributed by atoms with E-state index >= 15 is 0 Å². The Morgan fingerprint density at radius 2 is 1.97 bits per heavy atom. The Balaban J connectivity index is 1.60. The van der Waals surface area contributed by atoms with E-state index in [1.165, 1.54) is 11.8 Å². The molecule has 0 spiro atoms. The zero-order valence-corrected chi connectivity index (χ0v) is 20.1. The quantitative estimate of drug-likeness (QED) is 0.475. The highest BCUT2D eigenvalue weighted by atomic mass is 35.5. The number of benzene rings is 2. The van der Waals surface area contributed by atoms with Gasteiger partial charge in [-0.05, 0) is 30.7 Å². The van der Waals surface area contributed by atoms with Crippen molar-refractivity contribution in [3.63, 3.8) is 0 Å².